The zero-order chi connectivity index (χ0) is 13.9. The molecule has 1 saturated heterocycles. The van der Waals surface area contributed by atoms with Crippen LogP contribution in [0.5, 0.6) is 0 Å². The second-order valence-corrected chi connectivity index (χ2v) is 6.58. The van der Waals surface area contributed by atoms with E-state index in [-0.39, 0.29) is 5.09 Å². The molecule has 1 N–H and O–H groups in total. The van der Waals surface area contributed by atoms with Crippen LogP contribution in [0.25, 0.3) is 0 Å². The Labute approximate surface area is 114 Å². The van der Waals surface area contributed by atoms with Crippen molar-refractivity contribution in [1.29, 1.82) is 0 Å². The summed E-state index contributed by atoms with van der Waals surface area (Å²) < 4.78 is 31.7. The molecule has 0 aliphatic carbocycles. The van der Waals surface area contributed by atoms with E-state index in [1.807, 2.05) is 14.0 Å². The van der Waals surface area contributed by atoms with Gasteiger partial charge < -0.3 is 14.6 Å². The number of hydrogen-bond acceptors (Lipinski definition) is 5. The van der Waals surface area contributed by atoms with Gasteiger partial charge in [-0.1, -0.05) is 6.92 Å². The Hall–Kier alpha value is -0.890. The predicted octanol–water partition coefficient (Wildman–Crippen LogP) is 0.325. The Morgan fingerprint density at radius 2 is 1.95 bits per heavy atom. The lowest BCUT2D eigenvalue weighted by Crippen LogP contribution is -2.46. The highest BCUT2D eigenvalue weighted by atomic mass is 32.2. The van der Waals surface area contributed by atoms with Gasteiger partial charge >= 0.3 is 0 Å². The fourth-order valence-electron chi connectivity index (χ4n) is 2.00. The Balaban J connectivity index is 2.08. The van der Waals surface area contributed by atoms with E-state index in [1.54, 1.807) is 12.1 Å². The number of nitrogens with one attached hydrogen (secondary N) is 1. The molecular formula is C12H21N3O3S. The van der Waals surface area contributed by atoms with Gasteiger partial charge in [0.25, 0.3) is 10.0 Å². The smallest absolute Gasteiger partial charge is 0.276 e. The number of hydrogen-bond donors (Lipinski definition) is 1. The maximum atomic E-state index is 12.4. The number of furan rings is 1. The van der Waals surface area contributed by atoms with Crippen molar-refractivity contribution >= 4 is 10.0 Å². The van der Waals surface area contributed by atoms with Crippen LogP contribution in [0.4, 0.5) is 0 Å². The Bertz CT molecular complexity index is 504. The third-order valence-electron chi connectivity index (χ3n) is 3.24. The second-order valence-electron chi connectivity index (χ2n) is 4.71. The largest absolute Gasteiger partial charge is 0.447 e. The van der Waals surface area contributed by atoms with E-state index in [0.29, 0.717) is 25.4 Å². The molecule has 0 atom stereocenters. The van der Waals surface area contributed by atoms with E-state index in [0.717, 1.165) is 19.6 Å². The zero-order valence-electron chi connectivity index (χ0n) is 11.4. The third-order valence-corrected chi connectivity index (χ3v) is 5.02. The first-order valence-corrected chi connectivity index (χ1v) is 7.96. The molecule has 0 spiro atoms. The van der Waals surface area contributed by atoms with Crippen LogP contribution in [0, 0.1) is 0 Å². The third kappa shape index (κ3) is 3.36. The van der Waals surface area contributed by atoms with E-state index in [2.05, 4.69) is 10.2 Å². The Morgan fingerprint density at radius 1 is 1.26 bits per heavy atom. The molecule has 1 aliphatic rings. The van der Waals surface area contributed by atoms with Crippen LogP contribution < -0.4 is 5.32 Å². The molecule has 0 radical (unpaired) electrons. The molecule has 0 saturated carbocycles. The average Bonchev–Trinajstić information content (AvgIpc) is 2.86. The maximum Gasteiger partial charge on any atom is 0.276 e. The Kier molecular flexibility index (Phi) is 4.62. The molecule has 1 aromatic heterocycles. The van der Waals surface area contributed by atoms with Crippen molar-refractivity contribution in [2.45, 2.75) is 18.6 Å². The van der Waals surface area contributed by atoms with E-state index in [9.17, 15) is 8.42 Å². The molecule has 108 valence electrons. The van der Waals surface area contributed by atoms with E-state index in [1.165, 1.54) is 4.31 Å². The highest BCUT2D eigenvalue weighted by Gasteiger charge is 2.29. The van der Waals surface area contributed by atoms with Crippen molar-refractivity contribution < 1.29 is 12.8 Å². The van der Waals surface area contributed by atoms with Gasteiger partial charge in [-0.25, -0.2) is 8.42 Å². The fourth-order valence-corrected chi connectivity index (χ4v) is 3.35. The average molecular weight is 287 g/mol. The summed E-state index contributed by atoms with van der Waals surface area (Å²) in [5.74, 6) is 0.648. The lowest BCUT2D eigenvalue weighted by Gasteiger charge is -2.30. The van der Waals surface area contributed by atoms with Gasteiger partial charge in [-0.15, -0.1) is 0 Å². The summed E-state index contributed by atoms with van der Waals surface area (Å²) in [6.07, 6.45) is 0. The van der Waals surface area contributed by atoms with Crippen LogP contribution >= 0.6 is 0 Å². The predicted molar refractivity (Wildman–Crippen MR) is 72.3 cm³/mol. The van der Waals surface area contributed by atoms with Gasteiger partial charge in [-0.3, -0.25) is 0 Å². The second kappa shape index (κ2) is 6.04. The van der Waals surface area contributed by atoms with Crippen LogP contribution in [-0.4, -0.2) is 57.4 Å². The van der Waals surface area contributed by atoms with Crippen LogP contribution in [-0.2, 0) is 16.6 Å². The normalized spacial score (nSPS) is 18.8. The fraction of sp³-hybridized carbons (Fsp3) is 0.667. The number of likely N-dealkylation sites (N-methyl/N-ethyl adjacent to an activating group) is 1. The topological polar surface area (TPSA) is 65.8 Å². The minimum atomic E-state index is -3.48. The van der Waals surface area contributed by atoms with Crippen molar-refractivity contribution in [2.75, 3.05) is 39.8 Å². The van der Waals surface area contributed by atoms with Gasteiger partial charge in [-0.05, 0) is 25.7 Å². The molecule has 6 nitrogen and oxygen atoms in total. The first-order valence-electron chi connectivity index (χ1n) is 6.52. The van der Waals surface area contributed by atoms with Crippen molar-refractivity contribution in [3.8, 4) is 0 Å². The van der Waals surface area contributed by atoms with E-state index < -0.39 is 10.0 Å². The van der Waals surface area contributed by atoms with Gasteiger partial charge in [0.1, 0.15) is 5.76 Å². The van der Waals surface area contributed by atoms with E-state index >= 15 is 0 Å². The minimum absolute atomic E-state index is 0.0463. The lowest BCUT2D eigenvalue weighted by molar-refractivity contribution is 0.219. The van der Waals surface area contributed by atoms with Crippen molar-refractivity contribution in [3.05, 3.63) is 17.9 Å². The number of piperazine rings is 1. The van der Waals surface area contributed by atoms with Gasteiger partial charge in [-0.2, -0.15) is 4.31 Å². The lowest BCUT2D eigenvalue weighted by atomic mass is 10.4. The molecule has 1 aromatic rings. The van der Waals surface area contributed by atoms with Crippen molar-refractivity contribution in [1.82, 2.24) is 14.5 Å². The molecule has 0 bridgehead atoms. The molecule has 0 amide bonds. The van der Waals surface area contributed by atoms with Gasteiger partial charge in [0.2, 0.25) is 5.09 Å². The highest BCUT2D eigenvalue weighted by molar-refractivity contribution is 7.89. The molecule has 7 heteroatoms. The number of nitrogens with zero attached hydrogens (tertiary/aromatic N) is 2. The number of sulfonamides is 1. The van der Waals surface area contributed by atoms with Crippen LogP contribution in [0.2, 0.25) is 0 Å². The van der Waals surface area contributed by atoms with Gasteiger partial charge in [0.15, 0.2) is 0 Å². The first-order chi connectivity index (χ1) is 9.04. The van der Waals surface area contributed by atoms with Crippen LogP contribution in [0.1, 0.15) is 12.7 Å². The summed E-state index contributed by atoms with van der Waals surface area (Å²) in [5, 5.41) is 3.15. The molecule has 0 unspecified atom stereocenters. The monoisotopic (exact) mass is 287 g/mol. The Morgan fingerprint density at radius 3 is 2.58 bits per heavy atom. The molecule has 0 aromatic carbocycles. The molecule has 19 heavy (non-hydrogen) atoms. The van der Waals surface area contributed by atoms with Gasteiger partial charge in [0, 0.05) is 26.2 Å². The summed E-state index contributed by atoms with van der Waals surface area (Å²) in [6.45, 7) is 5.90. The maximum absolute atomic E-state index is 12.4. The molecular weight excluding hydrogens is 266 g/mol. The summed E-state index contributed by atoms with van der Waals surface area (Å²) >= 11 is 0. The summed E-state index contributed by atoms with van der Waals surface area (Å²) in [7, 11) is -1.49. The molecule has 1 aliphatic heterocycles. The zero-order valence-corrected chi connectivity index (χ0v) is 12.2. The van der Waals surface area contributed by atoms with E-state index in [4.69, 9.17) is 4.42 Å². The highest BCUT2D eigenvalue weighted by Crippen LogP contribution is 2.19. The summed E-state index contributed by atoms with van der Waals surface area (Å²) in [6, 6.07) is 3.26. The van der Waals surface area contributed by atoms with Crippen molar-refractivity contribution in [3.63, 3.8) is 0 Å². The summed E-state index contributed by atoms with van der Waals surface area (Å²) in [5.41, 5.74) is 0. The van der Waals surface area contributed by atoms with Crippen LogP contribution in [0.15, 0.2) is 21.6 Å². The summed E-state index contributed by atoms with van der Waals surface area (Å²) in [4.78, 5) is 2.12. The number of rotatable bonds is 5. The van der Waals surface area contributed by atoms with Gasteiger partial charge in [0.05, 0.1) is 6.54 Å². The first kappa shape index (κ1) is 14.5. The molecule has 1 fully saturated rings. The quantitative estimate of drug-likeness (QED) is 0.845. The van der Waals surface area contributed by atoms with Crippen molar-refractivity contribution in [2.24, 2.45) is 0 Å². The van der Waals surface area contributed by atoms with Crippen LogP contribution in [0.3, 0.4) is 0 Å². The molecule has 2 heterocycles. The molecule has 2 rings (SSSR count). The SMILES string of the molecule is CCNCc1ccc(S(=O)(=O)N2CCN(C)CC2)o1. The standard InChI is InChI=1S/C12H21N3O3S/c1-3-13-10-11-4-5-12(18-11)19(16,17)15-8-6-14(2)7-9-15/h4-5,13H,3,6-10H2,1-2H3. The minimum Gasteiger partial charge on any atom is -0.447 e.